The first-order valence-corrected chi connectivity index (χ1v) is 11.8. The fourth-order valence-electron chi connectivity index (χ4n) is 3.69. The van der Waals surface area contributed by atoms with Crippen molar-refractivity contribution in [1.29, 1.82) is 0 Å². The summed E-state index contributed by atoms with van der Waals surface area (Å²) in [7, 11) is 0. The van der Waals surface area contributed by atoms with Gasteiger partial charge in [-0.05, 0) is 37.8 Å². The molecule has 3 aromatic heterocycles. The number of fused-ring (bicyclic) bond motifs is 1. The maximum Gasteiger partial charge on any atom is 0.410 e. The number of ether oxygens (including phenoxy) is 1. The highest BCUT2D eigenvalue weighted by molar-refractivity contribution is 7.16. The summed E-state index contributed by atoms with van der Waals surface area (Å²) >= 11 is 2.56. The van der Waals surface area contributed by atoms with Gasteiger partial charge in [-0.2, -0.15) is 18.3 Å². The lowest BCUT2D eigenvalue weighted by atomic mass is 10.0. The van der Waals surface area contributed by atoms with Crippen LogP contribution in [0, 0.1) is 13.8 Å². The molecular formula is C21H21F3N4O3S2. The van der Waals surface area contributed by atoms with Gasteiger partial charge in [-0.3, -0.25) is 4.79 Å². The van der Waals surface area contributed by atoms with E-state index in [9.17, 15) is 22.8 Å². The quantitative estimate of drug-likeness (QED) is 0.440. The predicted molar refractivity (Wildman–Crippen MR) is 120 cm³/mol. The number of alkyl halides is 3. The molecule has 0 saturated carbocycles. The van der Waals surface area contributed by atoms with Crippen molar-refractivity contribution in [3.63, 3.8) is 0 Å². The number of esters is 1. The van der Waals surface area contributed by atoms with Crippen molar-refractivity contribution >= 4 is 45.4 Å². The van der Waals surface area contributed by atoms with Crippen molar-refractivity contribution in [3.05, 3.63) is 50.2 Å². The van der Waals surface area contributed by atoms with Gasteiger partial charge in [0, 0.05) is 22.2 Å². The van der Waals surface area contributed by atoms with Crippen molar-refractivity contribution < 1.29 is 27.5 Å². The van der Waals surface area contributed by atoms with Gasteiger partial charge in [0.15, 0.2) is 11.7 Å². The summed E-state index contributed by atoms with van der Waals surface area (Å²) in [5, 5.41) is 11.7. The first-order valence-electron chi connectivity index (χ1n) is 10.1. The molecule has 1 aliphatic heterocycles. The number of carbonyl (C=O) groups is 2. The van der Waals surface area contributed by atoms with Crippen LogP contribution in [0.2, 0.25) is 0 Å². The van der Waals surface area contributed by atoms with Gasteiger partial charge in [0.2, 0.25) is 0 Å². The van der Waals surface area contributed by atoms with E-state index >= 15 is 0 Å². The number of nitrogens with one attached hydrogen (secondary N) is 2. The Hall–Kier alpha value is -2.86. The topological polar surface area (TPSA) is 85.2 Å². The smallest absolute Gasteiger partial charge is 0.410 e. The second-order valence-corrected chi connectivity index (χ2v) is 9.73. The molecule has 2 atom stereocenters. The van der Waals surface area contributed by atoms with Crippen molar-refractivity contribution in [2.75, 3.05) is 17.2 Å². The fourth-order valence-corrected chi connectivity index (χ4v) is 5.53. The number of halogens is 3. The lowest BCUT2D eigenvalue weighted by molar-refractivity contribution is -0.173. The van der Waals surface area contributed by atoms with Crippen LogP contribution in [0.1, 0.15) is 61.6 Å². The van der Waals surface area contributed by atoms with Crippen LogP contribution < -0.4 is 10.6 Å². The van der Waals surface area contributed by atoms with E-state index < -0.39 is 30.1 Å². The zero-order valence-electron chi connectivity index (χ0n) is 17.9. The molecule has 1 amide bonds. The van der Waals surface area contributed by atoms with Crippen molar-refractivity contribution in [1.82, 2.24) is 9.78 Å². The SMILES string of the molecule is CCOC(=O)c1c(NC(=O)c2cc3n(n2)[C@@H](C(F)(F)F)C[C@H](c2cccs2)N3)sc(C)c1C. The molecule has 0 radical (unpaired) electrons. The number of rotatable bonds is 5. The van der Waals surface area contributed by atoms with Crippen molar-refractivity contribution in [2.24, 2.45) is 0 Å². The summed E-state index contributed by atoms with van der Waals surface area (Å²) in [5.41, 5.74) is 0.730. The van der Waals surface area contributed by atoms with Crippen LogP contribution in [0.15, 0.2) is 23.6 Å². The Morgan fingerprint density at radius 3 is 2.76 bits per heavy atom. The molecular weight excluding hydrogens is 477 g/mol. The van der Waals surface area contributed by atoms with E-state index in [1.165, 1.54) is 28.7 Å². The standard InChI is InChI=1S/C21H21F3N4O3S2/c1-4-31-20(30)17-10(2)11(3)33-19(17)26-18(29)13-9-16-25-12(14-6-5-7-32-14)8-15(21(22,23)24)28(16)27-13/h5-7,9,12,15,25H,4,8H2,1-3H3,(H,26,29)/t12-,15-/m1/s1. The van der Waals surface area contributed by atoms with Gasteiger partial charge in [-0.1, -0.05) is 6.07 Å². The molecule has 0 aromatic carbocycles. The van der Waals surface area contributed by atoms with Crippen molar-refractivity contribution in [3.8, 4) is 0 Å². The normalized spacial score (nSPS) is 17.9. The first-order chi connectivity index (χ1) is 15.6. The third-order valence-corrected chi connectivity index (χ3v) is 7.51. The molecule has 0 saturated heterocycles. The van der Waals surface area contributed by atoms with E-state index in [0.29, 0.717) is 5.56 Å². The minimum Gasteiger partial charge on any atom is -0.462 e. The molecule has 7 nitrogen and oxygen atoms in total. The summed E-state index contributed by atoms with van der Waals surface area (Å²) < 4.78 is 47.3. The van der Waals surface area contributed by atoms with Gasteiger partial charge >= 0.3 is 12.1 Å². The Morgan fingerprint density at radius 2 is 2.12 bits per heavy atom. The molecule has 12 heteroatoms. The van der Waals surface area contributed by atoms with Crippen LogP contribution in [-0.4, -0.2) is 34.4 Å². The lowest BCUT2D eigenvalue weighted by Crippen LogP contribution is -2.35. The van der Waals surface area contributed by atoms with Gasteiger partial charge in [0.1, 0.15) is 10.8 Å². The maximum absolute atomic E-state index is 13.8. The Morgan fingerprint density at radius 1 is 1.36 bits per heavy atom. The van der Waals surface area contributed by atoms with Crippen LogP contribution in [-0.2, 0) is 4.74 Å². The van der Waals surface area contributed by atoms with Gasteiger partial charge in [0.05, 0.1) is 18.2 Å². The zero-order valence-corrected chi connectivity index (χ0v) is 19.6. The van der Waals surface area contributed by atoms with Crippen LogP contribution in [0.25, 0.3) is 0 Å². The largest absolute Gasteiger partial charge is 0.462 e. The molecule has 4 heterocycles. The van der Waals surface area contributed by atoms with Gasteiger partial charge in [-0.25, -0.2) is 9.48 Å². The monoisotopic (exact) mass is 498 g/mol. The number of aryl methyl sites for hydroxylation is 1. The van der Waals surface area contributed by atoms with E-state index in [4.69, 9.17) is 4.74 Å². The highest BCUT2D eigenvalue weighted by atomic mass is 32.1. The Labute approximate surface area is 195 Å². The van der Waals surface area contributed by atoms with Crippen LogP contribution in [0.4, 0.5) is 24.0 Å². The number of carbonyl (C=O) groups excluding carboxylic acids is 2. The molecule has 0 bridgehead atoms. The number of hydrogen-bond donors (Lipinski definition) is 2. The second kappa shape index (κ2) is 8.82. The predicted octanol–water partition coefficient (Wildman–Crippen LogP) is 5.71. The van der Waals surface area contributed by atoms with Crippen LogP contribution >= 0.6 is 22.7 Å². The molecule has 0 unspecified atom stereocenters. The number of aromatic nitrogens is 2. The van der Waals surface area contributed by atoms with Crippen LogP contribution in [0.5, 0.6) is 0 Å². The number of anilines is 2. The van der Waals surface area contributed by atoms with Gasteiger partial charge in [-0.15, -0.1) is 22.7 Å². The third-order valence-electron chi connectivity index (χ3n) is 5.40. The van der Waals surface area contributed by atoms with Gasteiger partial charge in [0.25, 0.3) is 5.91 Å². The molecule has 2 N–H and O–H groups in total. The minimum atomic E-state index is -4.54. The Balaban J connectivity index is 1.64. The number of amides is 1. The summed E-state index contributed by atoms with van der Waals surface area (Å²) in [6, 6.07) is 2.43. The van der Waals surface area contributed by atoms with E-state index in [2.05, 4.69) is 15.7 Å². The average molecular weight is 499 g/mol. The molecule has 176 valence electrons. The Kier molecular flexibility index (Phi) is 6.23. The molecule has 33 heavy (non-hydrogen) atoms. The fraction of sp³-hybridized carbons (Fsp3) is 0.381. The van der Waals surface area contributed by atoms with E-state index in [1.807, 2.05) is 0 Å². The summed E-state index contributed by atoms with van der Waals surface area (Å²) in [5.74, 6) is -1.17. The number of nitrogens with zero attached hydrogens (tertiary/aromatic N) is 2. The highest BCUT2D eigenvalue weighted by Crippen LogP contribution is 2.44. The van der Waals surface area contributed by atoms with Gasteiger partial charge < -0.3 is 15.4 Å². The molecule has 0 spiro atoms. The molecule has 0 aliphatic carbocycles. The average Bonchev–Trinajstić information content (AvgIpc) is 3.46. The van der Waals surface area contributed by atoms with Crippen LogP contribution in [0.3, 0.4) is 0 Å². The van der Waals surface area contributed by atoms with E-state index in [0.717, 1.165) is 14.4 Å². The molecule has 1 aliphatic rings. The van der Waals surface area contributed by atoms with E-state index in [1.54, 1.807) is 38.3 Å². The third kappa shape index (κ3) is 4.49. The zero-order chi connectivity index (χ0) is 23.9. The second-order valence-electron chi connectivity index (χ2n) is 7.53. The molecule has 4 rings (SSSR count). The summed E-state index contributed by atoms with van der Waals surface area (Å²) in [6.07, 6.45) is -4.78. The lowest BCUT2D eigenvalue weighted by Gasteiger charge is -2.32. The number of hydrogen-bond acceptors (Lipinski definition) is 7. The Bertz CT molecular complexity index is 1180. The molecule has 0 fully saturated rings. The highest BCUT2D eigenvalue weighted by Gasteiger charge is 2.47. The van der Waals surface area contributed by atoms with Crippen molar-refractivity contribution in [2.45, 2.75) is 45.5 Å². The summed E-state index contributed by atoms with van der Waals surface area (Å²) in [6.45, 7) is 5.39. The number of thiophene rings is 2. The molecule has 3 aromatic rings. The minimum absolute atomic E-state index is 0.108. The summed E-state index contributed by atoms with van der Waals surface area (Å²) in [4.78, 5) is 26.9. The first kappa shape index (κ1) is 23.3. The maximum atomic E-state index is 13.8. The van der Waals surface area contributed by atoms with E-state index in [-0.39, 0.29) is 35.1 Å².